The number of rotatable bonds is 6. The summed E-state index contributed by atoms with van der Waals surface area (Å²) >= 11 is 0. The lowest BCUT2D eigenvalue weighted by Gasteiger charge is -2.21. The Balaban J connectivity index is 2.26. The molecule has 0 aliphatic rings. The Labute approximate surface area is 92.1 Å². The highest BCUT2D eigenvalue weighted by molar-refractivity contribution is 4.71. The van der Waals surface area contributed by atoms with Crippen molar-refractivity contribution >= 4 is 0 Å². The summed E-state index contributed by atoms with van der Waals surface area (Å²) in [5.74, 6) is 0.745. The van der Waals surface area contributed by atoms with Crippen molar-refractivity contribution < 1.29 is 0 Å². The molecule has 2 atom stereocenters. The first-order valence-corrected chi connectivity index (χ1v) is 5.66. The van der Waals surface area contributed by atoms with Gasteiger partial charge >= 0.3 is 0 Å². The van der Waals surface area contributed by atoms with E-state index in [1.54, 1.807) is 12.7 Å². The molecule has 86 valence electrons. The molecule has 0 saturated heterocycles. The van der Waals surface area contributed by atoms with Crippen LogP contribution in [0, 0.1) is 5.92 Å². The summed E-state index contributed by atoms with van der Waals surface area (Å²) in [6.45, 7) is 9.86. The molecule has 0 spiro atoms. The molecule has 1 heterocycles. The van der Waals surface area contributed by atoms with Crippen LogP contribution in [0.5, 0.6) is 0 Å². The van der Waals surface area contributed by atoms with Gasteiger partial charge in [-0.2, -0.15) is 0 Å². The second kappa shape index (κ2) is 5.85. The average molecular weight is 210 g/mol. The van der Waals surface area contributed by atoms with Crippen molar-refractivity contribution in [2.24, 2.45) is 5.92 Å². The molecule has 1 aromatic rings. The molecule has 0 radical (unpaired) electrons. The largest absolute Gasteiger partial charge is 0.319 e. The summed E-state index contributed by atoms with van der Waals surface area (Å²) in [7, 11) is 0. The number of hydrogen-bond donors (Lipinski definition) is 1. The number of nitrogens with one attached hydrogen (secondary N) is 1. The first kappa shape index (κ1) is 12.2. The van der Waals surface area contributed by atoms with Crippen molar-refractivity contribution in [1.29, 1.82) is 0 Å². The lowest BCUT2D eigenvalue weighted by atomic mass is 10.0. The summed E-state index contributed by atoms with van der Waals surface area (Å²) in [6, 6.07) is 1.02. The van der Waals surface area contributed by atoms with E-state index in [1.807, 2.05) is 4.57 Å². The SMILES string of the molecule is CC(C)CC(C)NC(C)Cn1cnnc1. The molecule has 0 aliphatic carbocycles. The normalized spacial score (nSPS) is 15.5. The molecule has 1 rings (SSSR count). The minimum Gasteiger partial charge on any atom is -0.319 e. The molecule has 2 unspecified atom stereocenters. The third-order valence-corrected chi connectivity index (χ3v) is 2.35. The standard InChI is InChI=1S/C11H22N4/c1-9(2)5-10(3)14-11(4)6-15-7-12-13-8-15/h7-11,14H,5-6H2,1-4H3. The molecule has 1 N–H and O–H groups in total. The van der Waals surface area contributed by atoms with Crippen LogP contribution in [0.1, 0.15) is 34.1 Å². The van der Waals surface area contributed by atoms with E-state index in [-0.39, 0.29) is 0 Å². The van der Waals surface area contributed by atoms with Crippen molar-refractivity contribution in [3.63, 3.8) is 0 Å². The van der Waals surface area contributed by atoms with Gasteiger partial charge in [-0.05, 0) is 26.2 Å². The zero-order valence-electron chi connectivity index (χ0n) is 10.1. The quantitative estimate of drug-likeness (QED) is 0.777. The van der Waals surface area contributed by atoms with Crippen molar-refractivity contribution in [2.75, 3.05) is 0 Å². The van der Waals surface area contributed by atoms with E-state index in [9.17, 15) is 0 Å². The Bertz CT molecular complexity index is 256. The van der Waals surface area contributed by atoms with Gasteiger partial charge in [0.1, 0.15) is 12.7 Å². The monoisotopic (exact) mass is 210 g/mol. The summed E-state index contributed by atoms with van der Waals surface area (Å²) in [4.78, 5) is 0. The Kier molecular flexibility index (Phi) is 4.75. The van der Waals surface area contributed by atoms with E-state index >= 15 is 0 Å². The van der Waals surface area contributed by atoms with Crippen LogP contribution in [-0.4, -0.2) is 26.8 Å². The van der Waals surface area contributed by atoms with Crippen LogP contribution in [0.4, 0.5) is 0 Å². The fourth-order valence-corrected chi connectivity index (χ4v) is 1.95. The molecular weight excluding hydrogens is 188 g/mol. The summed E-state index contributed by atoms with van der Waals surface area (Å²) in [5.41, 5.74) is 0. The fraction of sp³-hybridized carbons (Fsp3) is 0.818. The Morgan fingerprint density at radius 1 is 1.07 bits per heavy atom. The highest BCUT2D eigenvalue weighted by atomic mass is 15.2. The molecule has 0 aliphatic heterocycles. The minimum absolute atomic E-state index is 0.453. The van der Waals surface area contributed by atoms with E-state index in [2.05, 4.69) is 43.2 Å². The second-order valence-corrected chi connectivity index (χ2v) is 4.76. The van der Waals surface area contributed by atoms with Gasteiger partial charge in [-0.1, -0.05) is 13.8 Å². The smallest absolute Gasteiger partial charge is 0.119 e. The third kappa shape index (κ3) is 4.93. The maximum atomic E-state index is 3.79. The Hall–Kier alpha value is -0.900. The van der Waals surface area contributed by atoms with Crippen LogP contribution in [0.25, 0.3) is 0 Å². The van der Waals surface area contributed by atoms with Gasteiger partial charge in [0.25, 0.3) is 0 Å². The van der Waals surface area contributed by atoms with Crippen LogP contribution in [-0.2, 0) is 6.54 Å². The molecule has 0 aromatic carbocycles. The fourth-order valence-electron chi connectivity index (χ4n) is 1.95. The van der Waals surface area contributed by atoms with Gasteiger partial charge in [0, 0.05) is 18.6 Å². The van der Waals surface area contributed by atoms with Crippen LogP contribution in [0.3, 0.4) is 0 Å². The first-order chi connectivity index (χ1) is 7.08. The van der Waals surface area contributed by atoms with E-state index in [0.29, 0.717) is 12.1 Å². The lowest BCUT2D eigenvalue weighted by molar-refractivity contribution is 0.377. The second-order valence-electron chi connectivity index (χ2n) is 4.76. The molecule has 15 heavy (non-hydrogen) atoms. The summed E-state index contributed by atoms with van der Waals surface area (Å²) < 4.78 is 2.00. The van der Waals surface area contributed by atoms with Crippen LogP contribution < -0.4 is 5.32 Å². The van der Waals surface area contributed by atoms with Crippen molar-refractivity contribution in [2.45, 2.75) is 52.7 Å². The Morgan fingerprint density at radius 3 is 2.20 bits per heavy atom. The van der Waals surface area contributed by atoms with Gasteiger partial charge in [-0.25, -0.2) is 0 Å². The number of hydrogen-bond acceptors (Lipinski definition) is 3. The van der Waals surface area contributed by atoms with E-state index in [4.69, 9.17) is 0 Å². The van der Waals surface area contributed by atoms with Crippen molar-refractivity contribution in [3.8, 4) is 0 Å². The maximum Gasteiger partial charge on any atom is 0.119 e. The highest BCUT2D eigenvalue weighted by Crippen LogP contribution is 2.05. The van der Waals surface area contributed by atoms with E-state index in [0.717, 1.165) is 12.5 Å². The van der Waals surface area contributed by atoms with E-state index < -0.39 is 0 Å². The summed E-state index contributed by atoms with van der Waals surface area (Å²) in [5, 5.41) is 11.1. The molecule has 0 fully saturated rings. The van der Waals surface area contributed by atoms with Crippen LogP contribution in [0.15, 0.2) is 12.7 Å². The zero-order valence-corrected chi connectivity index (χ0v) is 10.1. The van der Waals surface area contributed by atoms with Gasteiger partial charge < -0.3 is 9.88 Å². The van der Waals surface area contributed by atoms with Crippen LogP contribution >= 0.6 is 0 Å². The predicted molar refractivity (Wildman–Crippen MR) is 61.5 cm³/mol. The third-order valence-electron chi connectivity index (χ3n) is 2.35. The number of aromatic nitrogens is 3. The lowest BCUT2D eigenvalue weighted by Crippen LogP contribution is -2.37. The molecule has 4 heteroatoms. The van der Waals surface area contributed by atoms with E-state index in [1.165, 1.54) is 6.42 Å². The molecule has 0 bridgehead atoms. The minimum atomic E-state index is 0.453. The predicted octanol–water partition coefficient (Wildman–Crippen LogP) is 1.69. The topological polar surface area (TPSA) is 42.7 Å². The zero-order chi connectivity index (χ0) is 11.3. The average Bonchev–Trinajstić information content (AvgIpc) is 2.53. The van der Waals surface area contributed by atoms with Crippen molar-refractivity contribution in [3.05, 3.63) is 12.7 Å². The van der Waals surface area contributed by atoms with Gasteiger partial charge in [0.2, 0.25) is 0 Å². The van der Waals surface area contributed by atoms with Gasteiger partial charge in [-0.15, -0.1) is 10.2 Å². The molecule has 0 saturated carbocycles. The number of nitrogens with zero attached hydrogens (tertiary/aromatic N) is 3. The molecule has 4 nitrogen and oxygen atoms in total. The van der Waals surface area contributed by atoms with Gasteiger partial charge in [0.15, 0.2) is 0 Å². The summed E-state index contributed by atoms with van der Waals surface area (Å²) in [6.07, 6.45) is 4.73. The molecule has 1 aromatic heterocycles. The molecule has 0 amide bonds. The molecular formula is C11H22N4. The van der Waals surface area contributed by atoms with Crippen molar-refractivity contribution in [1.82, 2.24) is 20.1 Å². The highest BCUT2D eigenvalue weighted by Gasteiger charge is 2.09. The van der Waals surface area contributed by atoms with Gasteiger partial charge in [0.05, 0.1) is 0 Å². The Morgan fingerprint density at radius 2 is 1.67 bits per heavy atom. The first-order valence-electron chi connectivity index (χ1n) is 5.66. The maximum absolute atomic E-state index is 3.79. The van der Waals surface area contributed by atoms with Crippen LogP contribution in [0.2, 0.25) is 0 Å². The van der Waals surface area contributed by atoms with Gasteiger partial charge in [-0.3, -0.25) is 0 Å².